The second-order valence-corrected chi connectivity index (χ2v) is 7.42. The molecule has 0 spiro atoms. The number of nitrogens with two attached hydrogens (primary N) is 1. The van der Waals surface area contributed by atoms with Crippen molar-refractivity contribution < 1.29 is 4.79 Å². The summed E-state index contributed by atoms with van der Waals surface area (Å²) < 4.78 is 1.87. The molecule has 0 bridgehead atoms. The van der Waals surface area contributed by atoms with Crippen LogP contribution in [0.15, 0.2) is 60.8 Å². The molecule has 2 atom stereocenters. The molecule has 3 rings (SSSR count). The zero-order chi connectivity index (χ0) is 20.1. The Labute approximate surface area is 182 Å². The molecule has 29 heavy (non-hydrogen) atoms. The fourth-order valence-electron chi connectivity index (χ4n) is 2.88. The maximum absolute atomic E-state index is 12.2. The van der Waals surface area contributed by atoms with Gasteiger partial charge in [0.2, 0.25) is 5.91 Å². The van der Waals surface area contributed by atoms with Gasteiger partial charge in [0.05, 0.1) is 11.4 Å². The van der Waals surface area contributed by atoms with E-state index in [1.54, 1.807) is 0 Å². The van der Waals surface area contributed by atoms with Crippen molar-refractivity contribution >= 4 is 29.9 Å². The van der Waals surface area contributed by atoms with Crippen molar-refractivity contribution in [3.8, 4) is 16.9 Å². The predicted molar refractivity (Wildman–Crippen MR) is 121 cm³/mol. The van der Waals surface area contributed by atoms with Crippen molar-refractivity contribution in [3.63, 3.8) is 0 Å². The third kappa shape index (κ3) is 5.82. The first-order chi connectivity index (χ1) is 13.5. The number of hydrogen-bond donors (Lipinski definition) is 2. The van der Waals surface area contributed by atoms with Crippen LogP contribution in [0.1, 0.15) is 19.4 Å². The molecule has 0 radical (unpaired) electrons. The maximum Gasteiger partial charge on any atom is 0.224 e. The Kier molecular flexibility index (Phi) is 8.26. The third-order valence-electron chi connectivity index (χ3n) is 4.82. The first-order valence-corrected chi connectivity index (χ1v) is 9.76. The number of halogens is 2. The molecule has 0 saturated carbocycles. The molecule has 1 amide bonds. The molecule has 2 aromatic carbocycles. The summed E-state index contributed by atoms with van der Waals surface area (Å²) in [6.07, 6.45) is 2.68. The van der Waals surface area contributed by atoms with E-state index in [9.17, 15) is 4.79 Å². The van der Waals surface area contributed by atoms with Gasteiger partial charge in [0.15, 0.2) is 0 Å². The van der Waals surface area contributed by atoms with E-state index in [0.717, 1.165) is 22.5 Å². The Morgan fingerprint density at radius 2 is 1.79 bits per heavy atom. The van der Waals surface area contributed by atoms with Crippen LogP contribution < -0.4 is 11.1 Å². The van der Waals surface area contributed by atoms with Gasteiger partial charge in [-0.15, -0.1) is 12.4 Å². The molecule has 3 aromatic rings. The van der Waals surface area contributed by atoms with Gasteiger partial charge in [0.1, 0.15) is 0 Å². The number of aromatic nitrogens is 2. The van der Waals surface area contributed by atoms with Crippen LogP contribution in [0.3, 0.4) is 0 Å². The smallest absolute Gasteiger partial charge is 0.224 e. The van der Waals surface area contributed by atoms with Gasteiger partial charge >= 0.3 is 0 Å². The Morgan fingerprint density at radius 3 is 2.41 bits per heavy atom. The van der Waals surface area contributed by atoms with E-state index in [1.807, 2.05) is 79.3 Å². The summed E-state index contributed by atoms with van der Waals surface area (Å²) in [6.45, 7) is 4.20. The molecular formula is C22H26Cl2N4O. The van der Waals surface area contributed by atoms with Gasteiger partial charge < -0.3 is 11.1 Å². The van der Waals surface area contributed by atoms with Gasteiger partial charge in [0.25, 0.3) is 0 Å². The van der Waals surface area contributed by atoms with E-state index in [0.29, 0.717) is 18.0 Å². The molecule has 0 saturated heterocycles. The molecule has 1 aromatic heterocycles. The van der Waals surface area contributed by atoms with Crippen molar-refractivity contribution in [1.82, 2.24) is 15.1 Å². The lowest BCUT2D eigenvalue weighted by Gasteiger charge is -2.15. The topological polar surface area (TPSA) is 72.9 Å². The SMILES string of the molecule is CC(N)C(C)C(=O)NCCc1cn(-c2ccccc2)nc1-c1ccc(Cl)cc1.Cl. The zero-order valence-corrected chi connectivity index (χ0v) is 18.1. The first kappa shape index (κ1) is 22.9. The van der Waals surface area contributed by atoms with E-state index < -0.39 is 0 Å². The summed E-state index contributed by atoms with van der Waals surface area (Å²) in [5.74, 6) is -0.249. The van der Waals surface area contributed by atoms with Crippen LogP contribution in [-0.4, -0.2) is 28.3 Å². The standard InChI is InChI=1S/C22H25ClN4O.ClH/c1-15(16(2)24)22(28)25-13-12-18-14-27(20-6-4-3-5-7-20)26-21(18)17-8-10-19(23)11-9-17;/h3-11,14-16H,12-13,24H2,1-2H3,(H,25,28);1H. The van der Waals surface area contributed by atoms with Gasteiger partial charge in [-0.25, -0.2) is 4.68 Å². The van der Waals surface area contributed by atoms with Gasteiger partial charge in [0, 0.05) is 40.9 Å². The highest BCUT2D eigenvalue weighted by Gasteiger charge is 2.17. The fourth-order valence-corrected chi connectivity index (χ4v) is 3.00. The number of hydrogen-bond acceptors (Lipinski definition) is 3. The highest BCUT2D eigenvalue weighted by molar-refractivity contribution is 6.30. The Morgan fingerprint density at radius 1 is 1.14 bits per heavy atom. The van der Waals surface area contributed by atoms with Crippen LogP contribution >= 0.6 is 24.0 Å². The Hall–Kier alpha value is -2.34. The average Bonchev–Trinajstić information content (AvgIpc) is 3.12. The highest BCUT2D eigenvalue weighted by Crippen LogP contribution is 2.25. The van der Waals surface area contributed by atoms with Crippen LogP contribution in [0.5, 0.6) is 0 Å². The Balaban J connectivity index is 0.00000300. The summed E-state index contributed by atoms with van der Waals surface area (Å²) in [6, 6.07) is 17.4. The van der Waals surface area contributed by atoms with E-state index in [1.165, 1.54) is 0 Å². The first-order valence-electron chi connectivity index (χ1n) is 9.39. The third-order valence-corrected chi connectivity index (χ3v) is 5.08. The van der Waals surface area contributed by atoms with Crippen molar-refractivity contribution in [2.24, 2.45) is 11.7 Å². The molecule has 1 heterocycles. The minimum Gasteiger partial charge on any atom is -0.355 e. The van der Waals surface area contributed by atoms with Crippen LogP contribution in [0.25, 0.3) is 16.9 Å². The monoisotopic (exact) mass is 432 g/mol. The van der Waals surface area contributed by atoms with Crippen molar-refractivity contribution in [2.45, 2.75) is 26.3 Å². The second-order valence-electron chi connectivity index (χ2n) is 6.98. The number of rotatable bonds is 7. The molecular weight excluding hydrogens is 407 g/mol. The number of amides is 1. The summed E-state index contributed by atoms with van der Waals surface area (Å²) in [7, 11) is 0. The second kappa shape index (κ2) is 10.4. The fraction of sp³-hybridized carbons (Fsp3) is 0.273. The number of para-hydroxylation sites is 1. The maximum atomic E-state index is 12.2. The number of nitrogens with one attached hydrogen (secondary N) is 1. The number of nitrogens with zero attached hydrogens (tertiary/aromatic N) is 2. The number of carbonyl (C=O) groups excluding carboxylic acids is 1. The van der Waals surface area contributed by atoms with Crippen LogP contribution in [-0.2, 0) is 11.2 Å². The van der Waals surface area contributed by atoms with Crippen molar-refractivity contribution in [2.75, 3.05) is 6.54 Å². The van der Waals surface area contributed by atoms with E-state index in [2.05, 4.69) is 5.32 Å². The van der Waals surface area contributed by atoms with E-state index in [4.69, 9.17) is 22.4 Å². The molecule has 3 N–H and O–H groups in total. The Bertz CT molecular complexity index is 924. The van der Waals surface area contributed by atoms with Crippen LogP contribution in [0.4, 0.5) is 0 Å². The average molecular weight is 433 g/mol. The molecule has 0 aliphatic rings. The minimum absolute atomic E-state index is 0. The predicted octanol–water partition coefficient (Wildman–Crippen LogP) is 4.26. The van der Waals surface area contributed by atoms with E-state index in [-0.39, 0.29) is 30.3 Å². The molecule has 0 aliphatic carbocycles. The lowest BCUT2D eigenvalue weighted by atomic mass is 10.0. The highest BCUT2D eigenvalue weighted by atomic mass is 35.5. The molecule has 0 aliphatic heterocycles. The summed E-state index contributed by atoms with van der Waals surface area (Å²) in [5, 5.41) is 8.44. The van der Waals surface area contributed by atoms with Gasteiger partial charge in [-0.2, -0.15) is 5.10 Å². The summed E-state index contributed by atoms with van der Waals surface area (Å²) in [4.78, 5) is 12.2. The summed E-state index contributed by atoms with van der Waals surface area (Å²) >= 11 is 6.03. The lowest BCUT2D eigenvalue weighted by Crippen LogP contribution is -2.39. The lowest BCUT2D eigenvalue weighted by molar-refractivity contribution is -0.124. The molecule has 2 unspecified atom stereocenters. The zero-order valence-electron chi connectivity index (χ0n) is 16.5. The molecule has 154 valence electrons. The van der Waals surface area contributed by atoms with Gasteiger partial charge in [-0.1, -0.05) is 48.9 Å². The molecule has 0 fully saturated rings. The van der Waals surface area contributed by atoms with Crippen molar-refractivity contribution in [1.29, 1.82) is 0 Å². The van der Waals surface area contributed by atoms with E-state index >= 15 is 0 Å². The van der Waals surface area contributed by atoms with Gasteiger partial charge in [-0.05, 0) is 37.6 Å². The van der Waals surface area contributed by atoms with Crippen LogP contribution in [0, 0.1) is 5.92 Å². The minimum atomic E-state index is -0.220. The molecule has 5 nitrogen and oxygen atoms in total. The number of carbonyl (C=O) groups is 1. The quantitative estimate of drug-likeness (QED) is 0.585. The molecule has 7 heteroatoms. The number of benzene rings is 2. The van der Waals surface area contributed by atoms with Gasteiger partial charge in [-0.3, -0.25) is 4.79 Å². The van der Waals surface area contributed by atoms with Crippen molar-refractivity contribution in [3.05, 3.63) is 71.4 Å². The van der Waals surface area contributed by atoms with Crippen LogP contribution in [0.2, 0.25) is 5.02 Å². The largest absolute Gasteiger partial charge is 0.355 e. The summed E-state index contributed by atoms with van der Waals surface area (Å²) in [5.41, 5.74) is 9.73. The normalized spacial score (nSPS) is 12.7.